The standard InChI is InChI=1S/C28H25N/c1-2-8-18(9-3-1)27-24-15-7-14-23(24)26-22-12-5-4-10-19(22)16-25-21-13-6-11-20(21)17-29(27)28(25)26/h1-10,12-14,16,20-21,23-24,27H,11,15,17H2. The van der Waals surface area contributed by atoms with Crippen LogP contribution in [0.4, 0.5) is 5.69 Å². The number of hydrogen-bond donors (Lipinski definition) is 0. The van der Waals surface area contributed by atoms with Crippen molar-refractivity contribution in [3.8, 4) is 0 Å². The van der Waals surface area contributed by atoms with Crippen molar-refractivity contribution < 1.29 is 0 Å². The lowest BCUT2D eigenvalue weighted by molar-refractivity contribution is 0.336. The summed E-state index contributed by atoms with van der Waals surface area (Å²) in [5, 5.41) is 2.88. The van der Waals surface area contributed by atoms with Crippen molar-refractivity contribution in [2.24, 2.45) is 11.8 Å². The molecule has 142 valence electrons. The van der Waals surface area contributed by atoms with E-state index in [-0.39, 0.29) is 0 Å². The van der Waals surface area contributed by atoms with Gasteiger partial charge < -0.3 is 4.90 Å². The molecule has 4 aliphatic rings. The van der Waals surface area contributed by atoms with Crippen LogP contribution in [0.3, 0.4) is 0 Å². The Morgan fingerprint density at radius 3 is 2.52 bits per heavy atom. The van der Waals surface area contributed by atoms with Gasteiger partial charge in [0.1, 0.15) is 0 Å². The fourth-order valence-electron chi connectivity index (χ4n) is 6.76. The first-order chi connectivity index (χ1) is 14.4. The van der Waals surface area contributed by atoms with E-state index in [0.717, 1.165) is 0 Å². The van der Waals surface area contributed by atoms with E-state index in [2.05, 4.69) is 89.9 Å². The summed E-state index contributed by atoms with van der Waals surface area (Å²) < 4.78 is 0. The Labute approximate surface area is 172 Å². The number of anilines is 1. The van der Waals surface area contributed by atoms with Gasteiger partial charge in [-0.25, -0.2) is 0 Å². The monoisotopic (exact) mass is 375 g/mol. The molecule has 3 aromatic rings. The van der Waals surface area contributed by atoms with Crippen LogP contribution < -0.4 is 4.90 Å². The first-order valence-electron chi connectivity index (χ1n) is 11.1. The maximum Gasteiger partial charge on any atom is 0.0582 e. The Balaban J connectivity index is 1.56. The molecule has 0 N–H and O–H groups in total. The lowest BCUT2D eigenvalue weighted by Crippen LogP contribution is -2.46. The maximum atomic E-state index is 2.81. The molecule has 5 atom stereocenters. The third kappa shape index (κ3) is 2.11. The minimum atomic E-state index is 0.477. The molecule has 0 fully saturated rings. The molecule has 0 aromatic heterocycles. The Kier molecular flexibility index (Phi) is 3.24. The molecule has 0 bridgehead atoms. The zero-order valence-corrected chi connectivity index (χ0v) is 16.5. The van der Waals surface area contributed by atoms with Crippen molar-refractivity contribution in [3.63, 3.8) is 0 Å². The van der Waals surface area contributed by atoms with Gasteiger partial charge in [0.15, 0.2) is 0 Å². The Hall–Kier alpha value is -2.80. The van der Waals surface area contributed by atoms with E-state index in [1.165, 1.54) is 35.7 Å². The van der Waals surface area contributed by atoms with Crippen molar-refractivity contribution in [1.29, 1.82) is 0 Å². The van der Waals surface area contributed by atoms with Gasteiger partial charge in [-0.15, -0.1) is 0 Å². The van der Waals surface area contributed by atoms with Crippen LogP contribution in [0.2, 0.25) is 0 Å². The number of benzene rings is 3. The lowest BCUT2D eigenvalue weighted by Gasteiger charge is -2.51. The molecule has 29 heavy (non-hydrogen) atoms. The largest absolute Gasteiger partial charge is 0.363 e. The normalized spacial score (nSPS) is 31.0. The molecule has 5 unspecified atom stereocenters. The number of allylic oxidation sites excluding steroid dienone is 4. The van der Waals surface area contributed by atoms with Gasteiger partial charge in [0.25, 0.3) is 0 Å². The van der Waals surface area contributed by atoms with Crippen molar-refractivity contribution in [2.75, 3.05) is 11.4 Å². The SMILES string of the molecule is C1=CC2c3cc4ccccc4c4c3N(CC2C1)C(c1ccccc1)C1CC=CC41. The number of fused-ring (bicyclic) bond motifs is 6. The van der Waals surface area contributed by atoms with Crippen molar-refractivity contribution >= 4 is 16.5 Å². The molecular weight excluding hydrogens is 350 g/mol. The molecule has 1 nitrogen and oxygen atoms in total. The molecule has 2 aliphatic carbocycles. The van der Waals surface area contributed by atoms with E-state index in [9.17, 15) is 0 Å². The van der Waals surface area contributed by atoms with Crippen LogP contribution in [0.15, 0.2) is 85.0 Å². The maximum absolute atomic E-state index is 2.81. The van der Waals surface area contributed by atoms with Crippen LogP contribution in [0.25, 0.3) is 10.8 Å². The number of rotatable bonds is 1. The third-order valence-corrected chi connectivity index (χ3v) is 7.89. The molecule has 7 rings (SSSR count). The van der Waals surface area contributed by atoms with E-state index in [1.807, 2.05) is 0 Å². The fraction of sp³-hybridized carbons (Fsp3) is 0.286. The van der Waals surface area contributed by atoms with Crippen molar-refractivity contribution in [2.45, 2.75) is 30.7 Å². The number of hydrogen-bond acceptors (Lipinski definition) is 1. The van der Waals surface area contributed by atoms with Gasteiger partial charge in [0, 0.05) is 24.1 Å². The van der Waals surface area contributed by atoms with Crippen LogP contribution >= 0.6 is 0 Å². The Bertz CT molecular complexity index is 1170. The van der Waals surface area contributed by atoms with E-state index in [0.29, 0.717) is 29.7 Å². The van der Waals surface area contributed by atoms with Gasteiger partial charge in [-0.05, 0) is 58.2 Å². The second kappa shape index (κ2) is 5.86. The molecule has 0 radical (unpaired) electrons. The highest BCUT2D eigenvalue weighted by atomic mass is 15.2. The van der Waals surface area contributed by atoms with Gasteiger partial charge in [-0.2, -0.15) is 0 Å². The summed E-state index contributed by atoms with van der Waals surface area (Å²) in [6, 6.07) is 23.4. The van der Waals surface area contributed by atoms with Gasteiger partial charge in [0.05, 0.1) is 6.04 Å². The summed E-state index contributed by atoms with van der Waals surface area (Å²) in [4.78, 5) is 2.81. The van der Waals surface area contributed by atoms with Crippen LogP contribution in [0.1, 0.15) is 47.4 Å². The summed E-state index contributed by atoms with van der Waals surface area (Å²) in [5.41, 5.74) is 6.21. The molecule has 0 saturated carbocycles. The van der Waals surface area contributed by atoms with Gasteiger partial charge in [-0.3, -0.25) is 0 Å². The first kappa shape index (κ1) is 16.0. The fourth-order valence-corrected chi connectivity index (χ4v) is 6.76. The summed E-state index contributed by atoms with van der Waals surface area (Å²) >= 11 is 0. The third-order valence-electron chi connectivity index (χ3n) is 7.89. The molecule has 0 spiro atoms. The molecule has 2 heterocycles. The summed E-state index contributed by atoms with van der Waals surface area (Å²) in [6.45, 7) is 1.18. The van der Waals surface area contributed by atoms with Crippen molar-refractivity contribution in [1.82, 2.24) is 0 Å². The second-order valence-electron chi connectivity index (χ2n) is 9.26. The van der Waals surface area contributed by atoms with Gasteiger partial charge in [-0.1, -0.05) is 78.9 Å². The zero-order valence-electron chi connectivity index (χ0n) is 16.5. The van der Waals surface area contributed by atoms with E-state index in [1.54, 1.807) is 16.8 Å². The van der Waals surface area contributed by atoms with Crippen molar-refractivity contribution in [3.05, 3.63) is 102 Å². The molecule has 0 amide bonds. The minimum Gasteiger partial charge on any atom is -0.363 e. The van der Waals surface area contributed by atoms with E-state index in [4.69, 9.17) is 0 Å². The smallest absolute Gasteiger partial charge is 0.0582 e. The highest BCUT2D eigenvalue weighted by Crippen LogP contribution is 2.60. The lowest BCUT2D eigenvalue weighted by atomic mass is 9.69. The number of nitrogens with zero attached hydrogens (tertiary/aromatic N) is 1. The Morgan fingerprint density at radius 2 is 1.59 bits per heavy atom. The zero-order chi connectivity index (χ0) is 18.9. The Morgan fingerprint density at radius 1 is 0.793 bits per heavy atom. The predicted octanol–water partition coefficient (Wildman–Crippen LogP) is 6.73. The van der Waals surface area contributed by atoms with Crippen LogP contribution in [0, 0.1) is 11.8 Å². The van der Waals surface area contributed by atoms with Crippen LogP contribution in [-0.4, -0.2) is 6.54 Å². The topological polar surface area (TPSA) is 3.24 Å². The summed E-state index contributed by atoms with van der Waals surface area (Å²) in [7, 11) is 0. The van der Waals surface area contributed by atoms with Crippen LogP contribution in [0.5, 0.6) is 0 Å². The predicted molar refractivity (Wildman–Crippen MR) is 120 cm³/mol. The van der Waals surface area contributed by atoms with E-state index >= 15 is 0 Å². The molecular formula is C28H25N. The quantitative estimate of drug-likeness (QED) is 0.426. The second-order valence-corrected chi connectivity index (χ2v) is 9.26. The van der Waals surface area contributed by atoms with Gasteiger partial charge in [0.2, 0.25) is 0 Å². The minimum absolute atomic E-state index is 0.477. The summed E-state index contributed by atoms with van der Waals surface area (Å²) in [6.07, 6.45) is 12.3. The highest BCUT2D eigenvalue weighted by Gasteiger charge is 2.48. The summed E-state index contributed by atoms with van der Waals surface area (Å²) in [5.74, 6) is 2.46. The molecule has 3 aromatic carbocycles. The molecule has 1 heteroatoms. The van der Waals surface area contributed by atoms with Gasteiger partial charge >= 0.3 is 0 Å². The average Bonchev–Trinajstić information content (AvgIpc) is 3.43. The molecule has 0 saturated heterocycles. The van der Waals surface area contributed by atoms with E-state index < -0.39 is 0 Å². The first-order valence-corrected chi connectivity index (χ1v) is 11.1. The average molecular weight is 376 g/mol. The highest BCUT2D eigenvalue weighted by molar-refractivity contribution is 5.94. The molecule has 2 aliphatic heterocycles. The van der Waals surface area contributed by atoms with Crippen LogP contribution in [-0.2, 0) is 0 Å².